The summed E-state index contributed by atoms with van der Waals surface area (Å²) in [5.74, 6) is -1.63. The van der Waals surface area contributed by atoms with Crippen molar-refractivity contribution in [3.63, 3.8) is 0 Å². The molecule has 0 bridgehead atoms. The molecule has 29 heavy (non-hydrogen) atoms. The lowest BCUT2D eigenvalue weighted by molar-refractivity contribution is -0.124. The molecule has 0 unspecified atom stereocenters. The number of hydrogen-bond acceptors (Lipinski definition) is 4. The van der Waals surface area contributed by atoms with Crippen LogP contribution in [0.1, 0.15) is 34.6 Å². The van der Waals surface area contributed by atoms with Gasteiger partial charge >= 0.3 is 0 Å². The molecular formula is C21H24N4O4. The van der Waals surface area contributed by atoms with Crippen LogP contribution in [0.25, 0.3) is 0 Å². The SMILES string of the molecule is C[C@H](NC(=O)c1ccccc1)C(=O)NCNC(=O)[C@H](C)NC(=O)c1ccccc1. The molecule has 0 spiro atoms. The summed E-state index contributed by atoms with van der Waals surface area (Å²) >= 11 is 0. The van der Waals surface area contributed by atoms with Crippen LogP contribution in [0.5, 0.6) is 0 Å². The molecule has 0 aromatic heterocycles. The second kappa shape index (κ2) is 10.6. The lowest BCUT2D eigenvalue weighted by atomic mass is 10.2. The number of hydrogen-bond donors (Lipinski definition) is 4. The predicted molar refractivity (Wildman–Crippen MR) is 108 cm³/mol. The van der Waals surface area contributed by atoms with Gasteiger partial charge in [-0.05, 0) is 38.1 Å². The zero-order valence-corrected chi connectivity index (χ0v) is 16.3. The first-order valence-corrected chi connectivity index (χ1v) is 9.15. The van der Waals surface area contributed by atoms with Gasteiger partial charge in [-0.2, -0.15) is 0 Å². The first-order valence-electron chi connectivity index (χ1n) is 9.15. The number of nitrogens with one attached hydrogen (secondary N) is 4. The van der Waals surface area contributed by atoms with Crippen molar-refractivity contribution < 1.29 is 19.2 Å². The topological polar surface area (TPSA) is 116 Å². The molecule has 2 rings (SSSR count). The highest BCUT2D eigenvalue weighted by Crippen LogP contribution is 2.00. The highest BCUT2D eigenvalue weighted by Gasteiger charge is 2.18. The maximum atomic E-state index is 12.1. The van der Waals surface area contributed by atoms with Crippen LogP contribution in [-0.2, 0) is 9.59 Å². The Labute approximate surface area is 169 Å². The van der Waals surface area contributed by atoms with Crippen LogP contribution < -0.4 is 21.3 Å². The third-order valence-corrected chi connectivity index (χ3v) is 4.08. The molecule has 0 radical (unpaired) electrons. The average Bonchev–Trinajstić information content (AvgIpc) is 2.74. The van der Waals surface area contributed by atoms with Crippen molar-refractivity contribution in [1.82, 2.24) is 21.3 Å². The summed E-state index contributed by atoms with van der Waals surface area (Å²) in [4.78, 5) is 48.3. The molecule has 0 saturated heterocycles. The number of benzene rings is 2. The molecule has 0 aliphatic carbocycles. The van der Waals surface area contributed by atoms with Crippen LogP contribution in [0.2, 0.25) is 0 Å². The standard InChI is InChI=1S/C21H24N4O4/c1-14(24-20(28)16-9-5-3-6-10-16)18(26)22-13-23-19(27)15(2)25-21(29)17-11-7-4-8-12-17/h3-12,14-15H,13H2,1-2H3,(H,22,26)(H,23,27)(H,24,28)(H,25,29)/t14-,15-/m0/s1. The molecule has 4 amide bonds. The van der Waals surface area contributed by atoms with E-state index in [1.807, 2.05) is 0 Å². The number of amides is 4. The van der Waals surface area contributed by atoms with Crippen molar-refractivity contribution >= 4 is 23.6 Å². The smallest absolute Gasteiger partial charge is 0.251 e. The van der Waals surface area contributed by atoms with E-state index in [-0.39, 0.29) is 18.5 Å². The maximum Gasteiger partial charge on any atom is 0.251 e. The molecule has 0 heterocycles. The van der Waals surface area contributed by atoms with E-state index in [4.69, 9.17) is 0 Å². The van der Waals surface area contributed by atoms with Gasteiger partial charge in [0.1, 0.15) is 12.1 Å². The van der Waals surface area contributed by atoms with Crippen molar-refractivity contribution in [3.05, 3.63) is 71.8 Å². The van der Waals surface area contributed by atoms with Gasteiger partial charge in [-0.1, -0.05) is 36.4 Å². The van der Waals surface area contributed by atoms with Crippen LogP contribution in [0.3, 0.4) is 0 Å². The molecule has 0 saturated carbocycles. The van der Waals surface area contributed by atoms with Crippen LogP contribution in [0.15, 0.2) is 60.7 Å². The van der Waals surface area contributed by atoms with Gasteiger partial charge in [0, 0.05) is 11.1 Å². The fourth-order valence-corrected chi connectivity index (χ4v) is 2.39. The molecular weight excluding hydrogens is 372 g/mol. The Balaban J connectivity index is 1.72. The molecule has 2 aromatic carbocycles. The summed E-state index contributed by atoms with van der Waals surface area (Å²) < 4.78 is 0. The van der Waals surface area contributed by atoms with Gasteiger partial charge in [0.2, 0.25) is 11.8 Å². The molecule has 2 atom stereocenters. The first-order chi connectivity index (χ1) is 13.9. The Hall–Kier alpha value is -3.68. The maximum absolute atomic E-state index is 12.1. The zero-order chi connectivity index (χ0) is 21.2. The van der Waals surface area contributed by atoms with Gasteiger partial charge in [0.25, 0.3) is 11.8 Å². The van der Waals surface area contributed by atoms with Crippen LogP contribution in [0.4, 0.5) is 0 Å². The molecule has 8 nitrogen and oxygen atoms in total. The third kappa shape index (κ3) is 6.76. The van der Waals surface area contributed by atoms with Crippen molar-refractivity contribution in [3.8, 4) is 0 Å². The van der Waals surface area contributed by atoms with Crippen molar-refractivity contribution in [1.29, 1.82) is 0 Å². The summed E-state index contributed by atoms with van der Waals surface area (Å²) in [5, 5.41) is 10.2. The largest absolute Gasteiger partial charge is 0.341 e. The minimum atomic E-state index is -0.783. The summed E-state index contributed by atoms with van der Waals surface area (Å²) in [6.45, 7) is 2.95. The number of rotatable bonds is 8. The fraction of sp³-hybridized carbons (Fsp3) is 0.238. The van der Waals surface area contributed by atoms with Gasteiger partial charge in [-0.3, -0.25) is 19.2 Å². The molecule has 4 N–H and O–H groups in total. The van der Waals surface area contributed by atoms with Crippen molar-refractivity contribution in [2.45, 2.75) is 25.9 Å². The summed E-state index contributed by atoms with van der Waals surface area (Å²) in [6.07, 6.45) is 0. The Morgan fingerprint density at radius 1 is 0.655 bits per heavy atom. The normalized spacial score (nSPS) is 12.2. The van der Waals surface area contributed by atoms with Crippen LogP contribution >= 0.6 is 0 Å². The van der Waals surface area contributed by atoms with Gasteiger partial charge in [-0.25, -0.2) is 0 Å². The quantitative estimate of drug-likeness (QED) is 0.494. The Bertz CT molecular complexity index is 784. The Morgan fingerprint density at radius 2 is 1.00 bits per heavy atom. The Morgan fingerprint density at radius 3 is 1.34 bits per heavy atom. The third-order valence-electron chi connectivity index (χ3n) is 4.08. The molecule has 0 aliphatic heterocycles. The van der Waals surface area contributed by atoms with Gasteiger partial charge in [0.05, 0.1) is 6.67 Å². The highest BCUT2D eigenvalue weighted by atomic mass is 16.2. The van der Waals surface area contributed by atoms with Gasteiger partial charge in [0.15, 0.2) is 0 Å². The number of carbonyl (C=O) groups excluding carboxylic acids is 4. The van der Waals surface area contributed by atoms with E-state index in [1.54, 1.807) is 74.5 Å². The monoisotopic (exact) mass is 396 g/mol. The molecule has 0 aliphatic rings. The Kier molecular flexibility index (Phi) is 7.90. The molecule has 2 aromatic rings. The van der Waals surface area contributed by atoms with Crippen LogP contribution in [-0.4, -0.2) is 42.4 Å². The summed E-state index contributed by atoms with van der Waals surface area (Å²) in [7, 11) is 0. The van der Waals surface area contributed by atoms with E-state index in [2.05, 4.69) is 21.3 Å². The van der Waals surface area contributed by atoms with Crippen LogP contribution in [0, 0.1) is 0 Å². The zero-order valence-electron chi connectivity index (χ0n) is 16.3. The second-order valence-electron chi connectivity index (χ2n) is 6.38. The lowest BCUT2D eigenvalue weighted by Crippen LogP contribution is -2.51. The van der Waals surface area contributed by atoms with E-state index in [1.165, 1.54) is 0 Å². The van der Waals surface area contributed by atoms with Crippen molar-refractivity contribution in [2.24, 2.45) is 0 Å². The lowest BCUT2D eigenvalue weighted by Gasteiger charge is -2.17. The molecule has 152 valence electrons. The first kappa shape index (κ1) is 21.6. The van der Waals surface area contributed by atoms with E-state index in [9.17, 15) is 19.2 Å². The highest BCUT2D eigenvalue weighted by molar-refractivity contribution is 5.98. The second-order valence-corrected chi connectivity index (χ2v) is 6.38. The summed E-state index contributed by atoms with van der Waals surface area (Å²) in [6, 6.07) is 15.5. The summed E-state index contributed by atoms with van der Waals surface area (Å²) in [5.41, 5.74) is 0.895. The van der Waals surface area contributed by atoms with Gasteiger partial charge in [-0.15, -0.1) is 0 Å². The average molecular weight is 396 g/mol. The minimum Gasteiger partial charge on any atom is -0.341 e. The minimum absolute atomic E-state index is 0.130. The van der Waals surface area contributed by atoms with Crippen molar-refractivity contribution in [2.75, 3.05) is 6.67 Å². The van der Waals surface area contributed by atoms with E-state index in [0.29, 0.717) is 11.1 Å². The van der Waals surface area contributed by atoms with E-state index in [0.717, 1.165) is 0 Å². The van der Waals surface area contributed by atoms with E-state index < -0.39 is 23.9 Å². The number of carbonyl (C=O) groups is 4. The fourth-order valence-electron chi connectivity index (χ4n) is 2.39. The predicted octanol–water partition coefficient (Wildman–Crippen LogP) is 0.813. The molecule has 0 fully saturated rings. The van der Waals surface area contributed by atoms with Gasteiger partial charge < -0.3 is 21.3 Å². The molecule has 8 heteroatoms. The van der Waals surface area contributed by atoms with E-state index >= 15 is 0 Å².